The maximum atomic E-state index is 13.9. The van der Waals surface area contributed by atoms with E-state index in [1.54, 1.807) is 12.1 Å². The van der Waals surface area contributed by atoms with Gasteiger partial charge in [-0.2, -0.15) is 0 Å². The number of para-hydroxylation sites is 1. The first-order chi connectivity index (χ1) is 15.9. The van der Waals surface area contributed by atoms with Crippen molar-refractivity contribution < 1.29 is 24.2 Å². The van der Waals surface area contributed by atoms with Crippen molar-refractivity contribution in [3.05, 3.63) is 30.3 Å². The SMILES string of the molecule is CCCCNC(=O)C1N([C@@H](CO)C(C)C)C(=O)[C@@H]2[C@H](C(=O)Nc3ccccc3)[C@@H]3CCC12O3. The van der Waals surface area contributed by atoms with Crippen LogP contribution in [0.5, 0.6) is 0 Å². The maximum absolute atomic E-state index is 13.9. The van der Waals surface area contributed by atoms with Gasteiger partial charge in [-0.1, -0.05) is 45.4 Å². The highest BCUT2D eigenvalue weighted by atomic mass is 16.5. The van der Waals surface area contributed by atoms with Gasteiger partial charge in [0, 0.05) is 12.2 Å². The number of carbonyl (C=O) groups excluding carboxylic acids is 3. The van der Waals surface area contributed by atoms with Gasteiger partial charge in [0.05, 0.1) is 30.6 Å². The molecule has 3 heterocycles. The van der Waals surface area contributed by atoms with Gasteiger partial charge in [-0.25, -0.2) is 0 Å². The summed E-state index contributed by atoms with van der Waals surface area (Å²) in [5, 5.41) is 16.0. The molecule has 3 N–H and O–H groups in total. The second-order valence-electron chi connectivity index (χ2n) is 9.80. The molecule has 2 bridgehead atoms. The molecule has 1 aromatic rings. The van der Waals surface area contributed by atoms with Crippen LogP contribution < -0.4 is 10.6 Å². The minimum Gasteiger partial charge on any atom is -0.394 e. The first-order valence-electron chi connectivity index (χ1n) is 12.1. The third kappa shape index (κ3) is 3.93. The lowest BCUT2D eigenvalue weighted by molar-refractivity contribution is -0.146. The molecule has 3 amide bonds. The molecule has 3 aliphatic heterocycles. The van der Waals surface area contributed by atoms with E-state index in [0.717, 1.165) is 12.8 Å². The molecule has 0 radical (unpaired) electrons. The molecule has 0 aliphatic carbocycles. The Labute approximate surface area is 195 Å². The summed E-state index contributed by atoms with van der Waals surface area (Å²) < 4.78 is 6.40. The van der Waals surface area contributed by atoms with E-state index in [2.05, 4.69) is 10.6 Å². The lowest BCUT2D eigenvalue weighted by Crippen LogP contribution is -2.59. The van der Waals surface area contributed by atoms with Crippen LogP contribution in [0.4, 0.5) is 5.69 Å². The average molecular weight is 458 g/mol. The Kier molecular flexibility index (Phi) is 6.77. The molecular formula is C25H35N3O5. The smallest absolute Gasteiger partial charge is 0.245 e. The van der Waals surface area contributed by atoms with Crippen molar-refractivity contribution in [2.24, 2.45) is 17.8 Å². The van der Waals surface area contributed by atoms with Gasteiger partial charge in [-0.3, -0.25) is 14.4 Å². The molecule has 1 spiro atoms. The van der Waals surface area contributed by atoms with Crippen molar-refractivity contribution in [2.45, 2.75) is 70.2 Å². The molecule has 4 rings (SSSR count). The van der Waals surface area contributed by atoms with Crippen molar-refractivity contribution in [1.29, 1.82) is 0 Å². The quantitative estimate of drug-likeness (QED) is 0.491. The number of nitrogens with zero attached hydrogens (tertiary/aromatic N) is 1. The average Bonchev–Trinajstić information content (AvgIpc) is 3.43. The predicted octanol–water partition coefficient (Wildman–Crippen LogP) is 1.93. The van der Waals surface area contributed by atoms with Crippen molar-refractivity contribution in [3.8, 4) is 0 Å². The lowest BCUT2D eigenvalue weighted by atomic mass is 9.70. The first kappa shape index (κ1) is 23.7. The minimum absolute atomic E-state index is 0.0612. The largest absolute Gasteiger partial charge is 0.394 e. The number of rotatable bonds is 9. The normalized spacial score (nSPS) is 31.1. The summed E-state index contributed by atoms with van der Waals surface area (Å²) in [7, 11) is 0. The molecule has 180 valence electrons. The van der Waals surface area contributed by atoms with E-state index in [1.165, 1.54) is 4.90 Å². The number of ether oxygens (including phenoxy) is 1. The number of hydrogen-bond donors (Lipinski definition) is 3. The van der Waals surface area contributed by atoms with Crippen LogP contribution in [0.1, 0.15) is 46.5 Å². The van der Waals surface area contributed by atoms with E-state index in [9.17, 15) is 19.5 Å². The number of hydrogen-bond acceptors (Lipinski definition) is 5. The topological polar surface area (TPSA) is 108 Å². The number of aliphatic hydroxyl groups excluding tert-OH is 1. The molecule has 0 aromatic heterocycles. The van der Waals surface area contributed by atoms with Gasteiger partial charge in [0.15, 0.2) is 0 Å². The lowest BCUT2D eigenvalue weighted by Gasteiger charge is -2.38. The first-order valence-corrected chi connectivity index (χ1v) is 12.1. The molecule has 1 aromatic carbocycles. The summed E-state index contributed by atoms with van der Waals surface area (Å²) in [6.45, 7) is 6.15. The number of carbonyl (C=O) groups is 3. The number of aliphatic hydroxyl groups is 1. The Hall–Kier alpha value is -2.45. The number of fused-ring (bicyclic) bond motifs is 1. The van der Waals surface area contributed by atoms with E-state index >= 15 is 0 Å². The van der Waals surface area contributed by atoms with Crippen LogP contribution in [0.25, 0.3) is 0 Å². The van der Waals surface area contributed by atoms with Crippen molar-refractivity contribution >= 4 is 23.4 Å². The van der Waals surface area contributed by atoms with E-state index in [1.807, 2.05) is 39.0 Å². The highest BCUT2D eigenvalue weighted by molar-refractivity contribution is 6.02. The zero-order chi connectivity index (χ0) is 23.8. The van der Waals surface area contributed by atoms with Crippen LogP contribution in [0.2, 0.25) is 0 Å². The Morgan fingerprint density at radius 3 is 2.61 bits per heavy atom. The van der Waals surface area contributed by atoms with Crippen molar-refractivity contribution in [2.75, 3.05) is 18.5 Å². The molecule has 8 nitrogen and oxygen atoms in total. The number of amides is 3. The van der Waals surface area contributed by atoms with Gasteiger partial charge in [0.1, 0.15) is 11.6 Å². The number of anilines is 1. The third-order valence-electron chi connectivity index (χ3n) is 7.47. The Bertz CT molecular complexity index is 891. The maximum Gasteiger partial charge on any atom is 0.245 e. The van der Waals surface area contributed by atoms with Gasteiger partial charge in [0.25, 0.3) is 0 Å². The number of nitrogens with one attached hydrogen (secondary N) is 2. The Morgan fingerprint density at radius 2 is 1.97 bits per heavy atom. The van der Waals surface area contributed by atoms with Gasteiger partial charge >= 0.3 is 0 Å². The molecular weight excluding hydrogens is 422 g/mol. The molecule has 8 heteroatoms. The van der Waals surface area contributed by atoms with Gasteiger partial charge in [-0.15, -0.1) is 0 Å². The van der Waals surface area contributed by atoms with E-state index in [4.69, 9.17) is 4.74 Å². The second kappa shape index (κ2) is 9.43. The summed E-state index contributed by atoms with van der Waals surface area (Å²) in [4.78, 5) is 42.2. The van der Waals surface area contributed by atoms with Gasteiger partial charge < -0.3 is 25.4 Å². The van der Waals surface area contributed by atoms with E-state index < -0.39 is 35.6 Å². The monoisotopic (exact) mass is 457 g/mol. The van der Waals surface area contributed by atoms with Gasteiger partial charge in [-0.05, 0) is 37.3 Å². The van der Waals surface area contributed by atoms with E-state index in [0.29, 0.717) is 25.1 Å². The molecule has 3 fully saturated rings. The summed E-state index contributed by atoms with van der Waals surface area (Å²) in [6.07, 6.45) is 2.54. The molecule has 6 atom stereocenters. The predicted molar refractivity (Wildman–Crippen MR) is 123 cm³/mol. The van der Waals surface area contributed by atoms with Crippen LogP contribution in [-0.2, 0) is 19.1 Å². The van der Waals surface area contributed by atoms with Crippen LogP contribution in [0, 0.1) is 17.8 Å². The molecule has 33 heavy (non-hydrogen) atoms. The summed E-state index contributed by atoms with van der Waals surface area (Å²) in [5.74, 6) is -2.27. The van der Waals surface area contributed by atoms with Crippen molar-refractivity contribution in [1.82, 2.24) is 10.2 Å². The highest BCUT2D eigenvalue weighted by Gasteiger charge is 2.75. The highest BCUT2D eigenvalue weighted by Crippen LogP contribution is 2.59. The minimum atomic E-state index is -1.04. The zero-order valence-electron chi connectivity index (χ0n) is 19.6. The molecule has 3 saturated heterocycles. The Morgan fingerprint density at radius 1 is 1.24 bits per heavy atom. The molecule has 2 unspecified atom stereocenters. The van der Waals surface area contributed by atoms with Crippen LogP contribution >= 0.6 is 0 Å². The standard InChI is InChI=1S/C25H35N3O5/c1-4-5-13-26-23(31)21-25-12-11-18(33-25)19(22(30)27-16-9-7-6-8-10-16)20(25)24(32)28(21)17(14-29)15(2)3/h6-10,15,17-21,29H,4-5,11-14H2,1-3H3,(H,26,31)(H,27,30)/t17-,18-,19+,20-,21?,25?/m0/s1. The van der Waals surface area contributed by atoms with Gasteiger partial charge in [0.2, 0.25) is 17.7 Å². The van der Waals surface area contributed by atoms with Crippen molar-refractivity contribution in [3.63, 3.8) is 0 Å². The van der Waals surface area contributed by atoms with Crippen LogP contribution in [0.15, 0.2) is 30.3 Å². The second-order valence-corrected chi connectivity index (χ2v) is 9.80. The fraction of sp³-hybridized carbons (Fsp3) is 0.640. The number of unbranched alkanes of at least 4 members (excludes halogenated alkanes) is 1. The number of likely N-dealkylation sites (tertiary alicyclic amines) is 1. The summed E-state index contributed by atoms with van der Waals surface area (Å²) in [6, 6.07) is 7.76. The van der Waals surface area contributed by atoms with E-state index in [-0.39, 0.29) is 30.2 Å². The fourth-order valence-corrected chi connectivity index (χ4v) is 5.90. The Balaban J connectivity index is 1.68. The summed E-state index contributed by atoms with van der Waals surface area (Å²) >= 11 is 0. The summed E-state index contributed by atoms with van der Waals surface area (Å²) in [5.41, 5.74) is -0.384. The fourth-order valence-electron chi connectivity index (χ4n) is 5.90. The molecule has 0 saturated carbocycles. The van der Waals surface area contributed by atoms with Crippen LogP contribution in [-0.4, -0.2) is 64.7 Å². The number of benzene rings is 1. The van der Waals surface area contributed by atoms with Crippen LogP contribution in [0.3, 0.4) is 0 Å². The molecule has 3 aliphatic rings. The zero-order valence-corrected chi connectivity index (χ0v) is 19.6. The third-order valence-corrected chi connectivity index (χ3v) is 7.47.